The smallest absolute Gasteiger partial charge is 0.344 e. The zero-order valence-corrected chi connectivity index (χ0v) is 36.5. The summed E-state index contributed by atoms with van der Waals surface area (Å²) in [6, 6.07) is 33.1. The Hall–Kier alpha value is -6.61. The second kappa shape index (κ2) is 19.4. The summed E-state index contributed by atoms with van der Waals surface area (Å²) in [6.45, 7) is 3.63. The van der Waals surface area contributed by atoms with Crippen LogP contribution >= 0.6 is 0 Å². The summed E-state index contributed by atoms with van der Waals surface area (Å²) in [7, 11) is 1.21. The molecule has 328 valence electrons. The monoisotopic (exact) mass is 862 g/mol. The number of carbonyl (C=O) groups excluding carboxylic acids is 3. The third-order valence-electron chi connectivity index (χ3n) is 12.9. The minimum atomic E-state index is -1.34. The average Bonchev–Trinajstić information content (AvgIpc) is 3.33. The SMILES string of the molecule is CCCCC[C@H]1CC[C@H](c2ccc(COC(=O)c3ccc(-c4ccc5c6c(c(C(=O)OCC(=O)OC)c(C)c5c4)C=CC(c4ccc(F)cc4)(c4ccc(F)cc4)O6)cc3)cc2)CC1. The molecule has 64 heavy (non-hydrogen) atoms. The van der Waals surface area contributed by atoms with Crippen molar-refractivity contribution in [1.29, 1.82) is 0 Å². The van der Waals surface area contributed by atoms with Gasteiger partial charge in [-0.05, 0) is 132 Å². The number of esters is 3. The molecule has 7 nitrogen and oxygen atoms in total. The molecule has 0 aromatic heterocycles. The second-order valence-electron chi connectivity index (χ2n) is 16.9. The molecule has 0 saturated heterocycles. The Kier molecular flexibility index (Phi) is 13.4. The fraction of sp³-hybridized carbons (Fsp3) is 0.291. The topological polar surface area (TPSA) is 88.1 Å². The molecule has 0 N–H and O–H groups in total. The number of ether oxygens (including phenoxy) is 4. The number of aryl methyl sites for hydroxylation is 1. The molecule has 1 saturated carbocycles. The van der Waals surface area contributed by atoms with Crippen LogP contribution in [-0.2, 0) is 31.2 Å². The van der Waals surface area contributed by atoms with Crippen molar-refractivity contribution in [3.63, 3.8) is 0 Å². The first kappa shape index (κ1) is 44.0. The highest BCUT2D eigenvalue weighted by Gasteiger charge is 2.40. The molecule has 2 aliphatic rings. The van der Waals surface area contributed by atoms with Crippen LogP contribution in [-0.4, -0.2) is 31.6 Å². The lowest BCUT2D eigenvalue weighted by atomic mass is 9.77. The largest absolute Gasteiger partial charge is 0.472 e. The quantitative estimate of drug-likeness (QED) is 0.0612. The normalized spacial score (nSPS) is 16.4. The van der Waals surface area contributed by atoms with E-state index in [1.807, 2.05) is 30.3 Å². The number of unbranched alkanes of at least 4 members (excludes halogenated alkanes) is 2. The molecule has 1 fully saturated rings. The number of methoxy groups -OCH3 is 1. The van der Waals surface area contributed by atoms with Crippen LogP contribution in [0.15, 0.2) is 121 Å². The van der Waals surface area contributed by atoms with Gasteiger partial charge in [-0.25, -0.2) is 23.2 Å². The standard InChI is InChI=1S/C55H52F2O7/c1-4-5-6-7-36-8-12-38(13-9-36)39-14-10-37(11-15-39)33-62-53(59)41-18-16-40(17-19-41)42-20-29-47-49(32-42)35(2)51(54(60)63-34-50(58)61-3)48-30-31-55(64-52(47)48,43-21-25-45(56)26-22-43)44-23-27-46(57)28-24-44/h10-11,14-32,36,38H,4-9,12-13,33-34H2,1-3H3/t36-,38-. The lowest BCUT2D eigenvalue weighted by Crippen LogP contribution is -2.35. The molecule has 1 heterocycles. The lowest BCUT2D eigenvalue weighted by Gasteiger charge is -2.37. The van der Waals surface area contributed by atoms with Crippen LogP contribution < -0.4 is 4.74 Å². The third kappa shape index (κ3) is 9.35. The zero-order valence-electron chi connectivity index (χ0n) is 36.5. The van der Waals surface area contributed by atoms with Gasteiger partial charge in [-0.1, -0.05) is 105 Å². The molecule has 0 atom stereocenters. The van der Waals surface area contributed by atoms with E-state index in [-0.39, 0.29) is 12.2 Å². The zero-order chi connectivity index (χ0) is 44.8. The van der Waals surface area contributed by atoms with E-state index in [1.54, 1.807) is 55.5 Å². The predicted octanol–water partition coefficient (Wildman–Crippen LogP) is 13.0. The molecular formula is C55H52F2O7. The summed E-state index contributed by atoms with van der Waals surface area (Å²) < 4.78 is 51.4. The Morgan fingerprint density at radius 1 is 0.719 bits per heavy atom. The molecule has 1 aliphatic carbocycles. The minimum Gasteiger partial charge on any atom is -0.472 e. The number of hydrogen-bond donors (Lipinski definition) is 0. The fourth-order valence-corrected chi connectivity index (χ4v) is 9.27. The van der Waals surface area contributed by atoms with E-state index in [4.69, 9.17) is 18.9 Å². The van der Waals surface area contributed by atoms with Crippen LogP contribution in [0.1, 0.15) is 118 Å². The molecule has 8 rings (SSSR count). The van der Waals surface area contributed by atoms with Crippen molar-refractivity contribution in [2.24, 2.45) is 5.92 Å². The van der Waals surface area contributed by atoms with Gasteiger partial charge in [0.05, 0.1) is 18.2 Å². The maximum absolute atomic E-state index is 14.2. The summed E-state index contributed by atoms with van der Waals surface area (Å²) >= 11 is 0. The van der Waals surface area contributed by atoms with Crippen molar-refractivity contribution in [1.82, 2.24) is 0 Å². The van der Waals surface area contributed by atoms with Gasteiger partial charge in [0, 0.05) is 22.1 Å². The van der Waals surface area contributed by atoms with Crippen LogP contribution in [0.2, 0.25) is 0 Å². The van der Waals surface area contributed by atoms with Gasteiger partial charge in [-0.15, -0.1) is 0 Å². The molecule has 9 heteroatoms. The summed E-state index contributed by atoms with van der Waals surface area (Å²) in [4.78, 5) is 39.1. The predicted molar refractivity (Wildman–Crippen MR) is 244 cm³/mol. The van der Waals surface area contributed by atoms with E-state index in [0.717, 1.165) is 22.6 Å². The summed E-state index contributed by atoms with van der Waals surface area (Å²) in [6.07, 6.45) is 13.9. The summed E-state index contributed by atoms with van der Waals surface area (Å²) in [5, 5.41) is 1.32. The van der Waals surface area contributed by atoms with E-state index in [1.165, 1.54) is 88.3 Å². The molecule has 6 aromatic carbocycles. The van der Waals surface area contributed by atoms with Gasteiger partial charge in [0.25, 0.3) is 0 Å². The van der Waals surface area contributed by atoms with Gasteiger partial charge in [0.2, 0.25) is 0 Å². The molecule has 0 radical (unpaired) electrons. The first-order valence-electron chi connectivity index (χ1n) is 22.2. The maximum atomic E-state index is 14.2. The number of benzene rings is 6. The highest BCUT2D eigenvalue weighted by Crippen LogP contribution is 2.48. The highest BCUT2D eigenvalue weighted by molar-refractivity contribution is 6.07. The van der Waals surface area contributed by atoms with Crippen LogP contribution in [0.3, 0.4) is 0 Å². The lowest BCUT2D eigenvalue weighted by molar-refractivity contribution is -0.144. The summed E-state index contributed by atoms with van der Waals surface area (Å²) in [5.41, 5.74) is 5.29. The number of halogens is 2. The molecule has 6 aromatic rings. The minimum absolute atomic E-state index is 0.171. The van der Waals surface area contributed by atoms with Crippen molar-refractivity contribution in [3.8, 4) is 16.9 Å². The summed E-state index contributed by atoms with van der Waals surface area (Å²) in [5.74, 6) is -0.983. The molecule has 0 amide bonds. The number of rotatable bonds is 14. The average molecular weight is 863 g/mol. The number of carbonyl (C=O) groups is 3. The van der Waals surface area contributed by atoms with Gasteiger partial charge in [-0.2, -0.15) is 0 Å². The van der Waals surface area contributed by atoms with Crippen molar-refractivity contribution in [2.75, 3.05) is 13.7 Å². The molecular weight excluding hydrogens is 811 g/mol. The van der Waals surface area contributed by atoms with Crippen molar-refractivity contribution >= 4 is 34.8 Å². The number of fused-ring (bicyclic) bond motifs is 3. The molecule has 0 bridgehead atoms. The highest BCUT2D eigenvalue weighted by atomic mass is 19.1. The van der Waals surface area contributed by atoms with E-state index in [9.17, 15) is 23.2 Å². The Morgan fingerprint density at radius 3 is 1.98 bits per heavy atom. The van der Waals surface area contributed by atoms with E-state index in [0.29, 0.717) is 50.3 Å². The Labute approximate surface area is 373 Å². The Balaban J connectivity index is 1.04. The van der Waals surface area contributed by atoms with Gasteiger partial charge in [0.15, 0.2) is 12.2 Å². The first-order chi connectivity index (χ1) is 31.1. The van der Waals surface area contributed by atoms with Crippen LogP contribution in [0, 0.1) is 24.5 Å². The Morgan fingerprint density at radius 2 is 1.36 bits per heavy atom. The molecule has 0 unspecified atom stereocenters. The van der Waals surface area contributed by atoms with Crippen LogP contribution in [0.25, 0.3) is 28.0 Å². The Bertz CT molecular complexity index is 2620. The van der Waals surface area contributed by atoms with Gasteiger partial charge in [0.1, 0.15) is 24.0 Å². The molecule has 1 aliphatic heterocycles. The van der Waals surface area contributed by atoms with Crippen molar-refractivity contribution in [2.45, 2.75) is 83.3 Å². The van der Waals surface area contributed by atoms with Crippen molar-refractivity contribution < 1.29 is 42.1 Å². The van der Waals surface area contributed by atoms with Crippen molar-refractivity contribution in [3.05, 3.63) is 177 Å². The van der Waals surface area contributed by atoms with Gasteiger partial charge >= 0.3 is 17.9 Å². The van der Waals surface area contributed by atoms with Crippen LogP contribution in [0.5, 0.6) is 5.75 Å². The number of hydrogen-bond acceptors (Lipinski definition) is 7. The molecule has 0 spiro atoms. The van der Waals surface area contributed by atoms with Crippen LogP contribution in [0.4, 0.5) is 8.78 Å². The maximum Gasteiger partial charge on any atom is 0.344 e. The fourth-order valence-electron chi connectivity index (χ4n) is 9.27. The third-order valence-corrected chi connectivity index (χ3v) is 12.9. The van der Waals surface area contributed by atoms with Gasteiger partial charge in [-0.3, -0.25) is 0 Å². The van der Waals surface area contributed by atoms with E-state index >= 15 is 0 Å². The van der Waals surface area contributed by atoms with E-state index < -0.39 is 41.8 Å². The van der Waals surface area contributed by atoms with Gasteiger partial charge < -0.3 is 18.9 Å². The van der Waals surface area contributed by atoms with E-state index in [2.05, 4.69) is 31.2 Å². The second-order valence-corrected chi connectivity index (χ2v) is 16.9. The first-order valence-corrected chi connectivity index (χ1v) is 22.2.